The second kappa shape index (κ2) is 5.92. The number of phenolic OH excluding ortho intramolecular Hbond substituents is 1. The third kappa shape index (κ3) is 3.48. The van der Waals surface area contributed by atoms with Gasteiger partial charge in [0.1, 0.15) is 10.6 Å². The Morgan fingerprint density at radius 3 is 2.74 bits per heavy atom. The van der Waals surface area contributed by atoms with E-state index in [2.05, 4.69) is 11.6 Å². The average molecular weight is 283 g/mol. The van der Waals surface area contributed by atoms with Gasteiger partial charge in [0.05, 0.1) is 0 Å². The average Bonchev–Trinajstić information content (AvgIpc) is 2.38. The number of nitrogens with one attached hydrogen (secondary N) is 1. The van der Waals surface area contributed by atoms with Gasteiger partial charge in [0, 0.05) is 6.04 Å². The Balaban J connectivity index is 2.11. The van der Waals surface area contributed by atoms with Gasteiger partial charge >= 0.3 is 0 Å². The summed E-state index contributed by atoms with van der Waals surface area (Å²) in [5, 5.41) is 9.65. The standard InChI is InChI=1S/C14H21NO3S/c1-2-11-6-5-7-12(10-11)15-19(17,18)14-9-4-3-8-13(14)16/h3-4,8-9,11-12,15-16H,2,5-7,10H2,1H3. The summed E-state index contributed by atoms with van der Waals surface area (Å²) in [4.78, 5) is -0.0337. The third-order valence-electron chi connectivity index (χ3n) is 3.84. The molecule has 1 fully saturated rings. The molecule has 2 N–H and O–H groups in total. The van der Waals surface area contributed by atoms with E-state index in [1.165, 1.54) is 18.6 Å². The first-order valence-corrected chi connectivity index (χ1v) is 8.31. The molecule has 2 rings (SSSR count). The molecule has 1 saturated carbocycles. The summed E-state index contributed by atoms with van der Waals surface area (Å²) in [6, 6.07) is 6.04. The summed E-state index contributed by atoms with van der Waals surface area (Å²) >= 11 is 0. The molecule has 1 aliphatic carbocycles. The van der Waals surface area contributed by atoms with Crippen LogP contribution in [0.2, 0.25) is 0 Å². The lowest BCUT2D eigenvalue weighted by molar-refractivity contribution is 0.301. The van der Waals surface area contributed by atoms with Crippen molar-refractivity contribution in [1.29, 1.82) is 0 Å². The van der Waals surface area contributed by atoms with E-state index in [0.29, 0.717) is 5.92 Å². The molecule has 2 atom stereocenters. The molecule has 0 heterocycles. The first-order valence-electron chi connectivity index (χ1n) is 6.83. The maximum absolute atomic E-state index is 12.2. The van der Waals surface area contributed by atoms with Crippen LogP contribution in [-0.4, -0.2) is 19.6 Å². The number of benzene rings is 1. The Hall–Kier alpha value is -1.07. The van der Waals surface area contributed by atoms with Crippen LogP contribution in [0.1, 0.15) is 39.0 Å². The summed E-state index contributed by atoms with van der Waals surface area (Å²) in [5.41, 5.74) is 0. The van der Waals surface area contributed by atoms with Crippen molar-refractivity contribution in [3.05, 3.63) is 24.3 Å². The molecular formula is C14H21NO3S. The quantitative estimate of drug-likeness (QED) is 0.892. The van der Waals surface area contributed by atoms with Gasteiger partial charge in [-0.1, -0.05) is 38.3 Å². The van der Waals surface area contributed by atoms with E-state index in [1.54, 1.807) is 12.1 Å². The Morgan fingerprint density at radius 2 is 2.05 bits per heavy atom. The summed E-state index contributed by atoms with van der Waals surface area (Å²) in [7, 11) is -3.62. The molecule has 1 aliphatic rings. The van der Waals surface area contributed by atoms with Crippen molar-refractivity contribution in [2.45, 2.75) is 50.0 Å². The van der Waals surface area contributed by atoms with Crippen LogP contribution < -0.4 is 4.72 Å². The minimum Gasteiger partial charge on any atom is -0.507 e. The summed E-state index contributed by atoms with van der Waals surface area (Å²) in [5.74, 6) is 0.406. The van der Waals surface area contributed by atoms with Crippen LogP contribution in [0.4, 0.5) is 0 Å². The normalized spacial score (nSPS) is 24.3. The molecule has 1 aromatic carbocycles. The fourth-order valence-electron chi connectivity index (χ4n) is 2.74. The SMILES string of the molecule is CCC1CCCC(NS(=O)(=O)c2ccccc2O)C1. The lowest BCUT2D eigenvalue weighted by Gasteiger charge is -2.28. The Morgan fingerprint density at radius 1 is 1.32 bits per heavy atom. The number of sulfonamides is 1. The molecule has 0 radical (unpaired) electrons. The van der Waals surface area contributed by atoms with Crippen LogP contribution in [0, 0.1) is 5.92 Å². The van der Waals surface area contributed by atoms with Crippen LogP contribution >= 0.6 is 0 Å². The van der Waals surface area contributed by atoms with Gasteiger partial charge in [-0.25, -0.2) is 13.1 Å². The fraction of sp³-hybridized carbons (Fsp3) is 0.571. The highest BCUT2D eigenvalue weighted by Gasteiger charge is 2.26. The minimum atomic E-state index is -3.62. The van der Waals surface area contributed by atoms with Gasteiger partial charge in [0.25, 0.3) is 0 Å². The lowest BCUT2D eigenvalue weighted by Crippen LogP contribution is -2.38. The van der Waals surface area contributed by atoms with E-state index in [1.807, 2.05) is 0 Å². The van der Waals surface area contributed by atoms with Gasteiger partial charge in [0.15, 0.2) is 0 Å². The number of rotatable bonds is 4. The van der Waals surface area contributed by atoms with E-state index < -0.39 is 10.0 Å². The molecule has 4 nitrogen and oxygen atoms in total. The summed E-state index contributed by atoms with van der Waals surface area (Å²) < 4.78 is 27.2. The largest absolute Gasteiger partial charge is 0.507 e. The first kappa shape index (κ1) is 14.3. The van der Waals surface area contributed by atoms with Crippen molar-refractivity contribution < 1.29 is 13.5 Å². The van der Waals surface area contributed by atoms with Crippen molar-refractivity contribution in [2.24, 2.45) is 5.92 Å². The van der Waals surface area contributed by atoms with Crippen molar-refractivity contribution in [3.63, 3.8) is 0 Å². The molecule has 5 heteroatoms. The van der Waals surface area contributed by atoms with E-state index in [9.17, 15) is 13.5 Å². The predicted molar refractivity (Wildman–Crippen MR) is 74.5 cm³/mol. The third-order valence-corrected chi connectivity index (χ3v) is 5.40. The van der Waals surface area contributed by atoms with Gasteiger partial charge in [-0.2, -0.15) is 0 Å². The number of phenols is 1. The zero-order valence-corrected chi connectivity index (χ0v) is 12.0. The van der Waals surface area contributed by atoms with Crippen LogP contribution in [0.25, 0.3) is 0 Å². The molecule has 2 unspecified atom stereocenters. The number of aromatic hydroxyl groups is 1. The first-order chi connectivity index (χ1) is 9.03. The van der Waals surface area contributed by atoms with Crippen molar-refractivity contribution in [3.8, 4) is 5.75 Å². The van der Waals surface area contributed by atoms with E-state index in [4.69, 9.17) is 0 Å². The maximum atomic E-state index is 12.2. The summed E-state index contributed by atoms with van der Waals surface area (Å²) in [6.07, 6.45) is 5.11. The summed E-state index contributed by atoms with van der Waals surface area (Å²) in [6.45, 7) is 2.14. The van der Waals surface area contributed by atoms with Gasteiger partial charge < -0.3 is 5.11 Å². The number of para-hydroxylation sites is 1. The smallest absolute Gasteiger partial charge is 0.244 e. The maximum Gasteiger partial charge on any atom is 0.244 e. The van der Waals surface area contributed by atoms with Crippen molar-refractivity contribution in [2.75, 3.05) is 0 Å². The molecule has 0 aliphatic heterocycles. The second-order valence-corrected chi connectivity index (χ2v) is 6.91. The van der Waals surface area contributed by atoms with E-state index >= 15 is 0 Å². The van der Waals surface area contributed by atoms with Crippen molar-refractivity contribution in [1.82, 2.24) is 4.72 Å². The minimum absolute atomic E-state index is 0.0108. The Bertz CT molecular complexity index is 527. The highest BCUT2D eigenvalue weighted by atomic mass is 32.2. The van der Waals surface area contributed by atoms with Gasteiger partial charge in [-0.05, 0) is 30.9 Å². The molecular weight excluding hydrogens is 262 g/mol. The molecule has 0 bridgehead atoms. The van der Waals surface area contributed by atoms with Crippen LogP contribution in [0.15, 0.2) is 29.2 Å². The number of hydrogen-bond acceptors (Lipinski definition) is 3. The van der Waals surface area contributed by atoms with Crippen LogP contribution in [0.3, 0.4) is 0 Å². The molecule has 19 heavy (non-hydrogen) atoms. The van der Waals surface area contributed by atoms with Gasteiger partial charge in [-0.3, -0.25) is 0 Å². The molecule has 106 valence electrons. The van der Waals surface area contributed by atoms with Gasteiger partial charge in [-0.15, -0.1) is 0 Å². The molecule has 0 aromatic heterocycles. The zero-order chi connectivity index (χ0) is 13.9. The Kier molecular flexibility index (Phi) is 4.47. The second-order valence-electron chi connectivity index (χ2n) is 5.23. The van der Waals surface area contributed by atoms with Gasteiger partial charge in [0.2, 0.25) is 10.0 Å². The van der Waals surface area contributed by atoms with Crippen molar-refractivity contribution >= 4 is 10.0 Å². The lowest BCUT2D eigenvalue weighted by atomic mass is 9.85. The Labute approximate surface area is 114 Å². The van der Waals surface area contributed by atoms with E-state index in [-0.39, 0.29) is 16.7 Å². The fourth-order valence-corrected chi connectivity index (χ4v) is 4.12. The van der Waals surface area contributed by atoms with Crippen LogP contribution in [0.5, 0.6) is 5.75 Å². The van der Waals surface area contributed by atoms with Crippen LogP contribution in [-0.2, 0) is 10.0 Å². The number of hydrogen-bond donors (Lipinski definition) is 2. The monoisotopic (exact) mass is 283 g/mol. The highest BCUT2D eigenvalue weighted by molar-refractivity contribution is 7.89. The molecule has 0 spiro atoms. The highest BCUT2D eigenvalue weighted by Crippen LogP contribution is 2.28. The molecule has 0 saturated heterocycles. The molecule has 0 amide bonds. The zero-order valence-electron chi connectivity index (χ0n) is 11.2. The topological polar surface area (TPSA) is 66.4 Å². The predicted octanol–water partition coefficient (Wildman–Crippen LogP) is 2.64. The van der Waals surface area contributed by atoms with E-state index in [0.717, 1.165) is 25.7 Å². The molecule has 1 aromatic rings.